The van der Waals surface area contributed by atoms with Crippen molar-refractivity contribution >= 4 is 22.0 Å². The Morgan fingerprint density at radius 1 is 1.36 bits per heavy atom. The van der Waals surface area contributed by atoms with E-state index in [-0.39, 0.29) is 16.9 Å². The molecule has 0 spiro atoms. The molecule has 73 valence electrons. The van der Waals surface area contributed by atoms with Crippen molar-refractivity contribution in [3.8, 4) is 0 Å². The average Bonchev–Trinajstić information content (AvgIpc) is 2.47. The second-order valence-corrected chi connectivity index (χ2v) is 4.73. The van der Waals surface area contributed by atoms with Crippen LogP contribution in [0.1, 0.15) is 12.0 Å². The number of hydrogen-bond donors (Lipinski definition) is 0. The fraction of sp³-hybridized carbons (Fsp3) is 0.364. The normalized spacial score (nSPS) is 26.2. The molecule has 0 bridgehead atoms. The molecular weight excluding hydrogens is 243 g/mol. The predicted molar refractivity (Wildman–Crippen MR) is 54.1 cm³/mol. The van der Waals surface area contributed by atoms with Crippen LogP contribution in [0.3, 0.4) is 0 Å². The molecule has 0 saturated carbocycles. The first-order valence-electron chi connectivity index (χ1n) is 4.65. The molecule has 1 aromatic rings. The summed E-state index contributed by atoms with van der Waals surface area (Å²) in [6.07, 6.45) is 1.34. The molecule has 1 aliphatic rings. The van der Waals surface area contributed by atoms with Gasteiger partial charge < -0.3 is 0 Å². The second-order valence-electron chi connectivity index (χ2n) is 3.46. The molecule has 2 nitrogen and oxygen atoms in total. The third kappa shape index (κ3) is 2.17. The Hall–Kier alpha value is -0.791. The molecule has 2 rings (SSSR count). The molecule has 2 unspecified atom stereocenters. The Labute approximate surface area is 91.5 Å². The predicted octanol–water partition coefficient (Wildman–Crippen LogP) is 1.50. The summed E-state index contributed by atoms with van der Waals surface area (Å²) in [6.45, 7) is 0. The van der Waals surface area contributed by atoms with Crippen molar-refractivity contribution in [3.63, 3.8) is 0 Å². The minimum absolute atomic E-state index is 0.0184. The Balaban J connectivity index is 2.02. The molecule has 3 heteroatoms. The first kappa shape index (κ1) is 9.75. The number of rotatable bonds is 2. The Bertz CT molecular complexity index is 323. The monoisotopic (exact) mass is 255 g/mol. The molecule has 1 heterocycles. The van der Waals surface area contributed by atoms with E-state index in [4.69, 9.17) is 4.74 Å². The maximum atomic E-state index is 11.0. The van der Waals surface area contributed by atoms with E-state index in [1.807, 2.05) is 18.2 Å². The van der Waals surface area contributed by atoms with E-state index in [2.05, 4.69) is 28.1 Å². The maximum absolute atomic E-state index is 11.0. The van der Waals surface area contributed by atoms with Gasteiger partial charge in [0, 0.05) is 0 Å². The van der Waals surface area contributed by atoms with Gasteiger partial charge in [-0.25, -0.2) is 0 Å². The van der Waals surface area contributed by atoms with E-state index < -0.39 is 0 Å². The minimum atomic E-state index is -0.0883. The fourth-order valence-electron chi connectivity index (χ4n) is 1.61. The van der Waals surface area contributed by atoms with Gasteiger partial charge in [-0.3, -0.25) is 0 Å². The molecule has 1 radical (unpaired) electrons. The number of esters is 1. The average molecular weight is 254 g/mol. The van der Waals surface area contributed by atoms with E-state index >= 15 is 0 Å². The summed E-state index contributed by atoms with van der Waals surface area (Å²) in [7, 11) is 0. The van der Waals surface area contributed by atoms with Crippen LogP contribution in [0.4, 0.5) is 0 Å². The van der Waals surface area contributed by atoms with Gasteiger partial charge in [0.15, 0.2) is 0 Å². The molecule has 0 N–H and O–H groups in total. The van der Waals surface area contributed by atoms with Gasteiger partial charge >= 0.3 is 91.2 Å². The Kier molecular flexibility index (Phi) is 2.90. The summed E-state index contributed by atoms with van der Waals surface area (Å²) in [5, 5.41) is 0. The van der Waals surface area contributed by atoms with Crippen LogP contribution in [0.15, 0.2) is 30.3 Å². The third-order valence-electron chi connectivity index (χ3n) is 2.35. The van der Waals surface area contributed by atoms with Crippen LogP contribution in [0.25, 0.3) is 0 Å². The molecule has 1 aliphatic heterocycles. The first-order valence-corrected chi connectivity index (χ1v) is 5.64. The van der Waals surface area contributed by atoms with Gasteiger partial charge in [-0.1, -0.05) is 0 Å². The first-order chi connectivity index (χ1) is 6.75. The van der Waals surface area contributed by atoms with Crippen LogP contribution in [0, 0.1) is 0 Å². The summed E-state index contributed by atoms with van der Waals surface area (Å²) in [5.41, 5.74) is 1.22. The van der Waals surface area contributed by atoms with Crippen molar-refractivity contribution in [3.05, 3.63) is 35.9 Å². The van der Waals surface area contributed by atoms with Crippen LogP contribution >= 0.6 is 0 Å². The molecule has 14 heavy (non-hydrogen) atoms. The van der Waals surface area contributed by atoms with E-state index in [0.29, 0.717) is 6.42 Å². The number of carbonyl (C=O) groups excluding carboxylic acids is 1. The topological polar surface area (TPSA) is 26.3 Å². The van der Waals surface area contributed by atoms with E-state index in [9.17, 15) is 4.79 Å². The zero-order valence-electron chi connectivity index (χ0n) is 7.68. The molecular formula is C11H11O2Se. The Morgan fingerprint density at radius 3 is 2.64 bits per heavy atom. The summed E-state index contributed by atoms with van der Waals surface area (Å²) in [4.78, 5) is 11.2. The standard InChI is InChI=1S/C11H11O2Se/c12-11-7-10(14)9(13-11)6-8-4-2-1-3-5-8/h1-5,9-10H,6-7H2. The molecule has 0 aromatic heterocycles. The van der Waals surface area contributed by atoms with Gasteiger partial charge in [-0.15, -0.1) is 0 Å². The van der Waals surface area contributed by atoms with Crippen LogP contribution in [-0.4, -0.2) is 28.1 Å². The third-order valence-corrected chi connectivity index (χ3v) is 3.33. The molecule has 2 atom stereocenters. The van der Waals surface area contributed by atoms with Crippen molar-refractivity contribution in [1.82, 2.24) is 0 Å². The van der Waals surface area contributed by atoms with Crippen LogP contribution in [0.5, 0.6) is 0 Å². The quantitative estimate of drug-likeness (QED) is 0.590. The van der Waals surface area contributed by atoms with Gasteiger partial charge in [0.25, 0.3) is 0 Å². The van der Waals surface area contributed by atoms with Crippen molar-refractivity contribution < 1.29 is 9.53 Å². The van der Waals surface area contributed by atoms with Gasteiger partial charge in [0.05, 0.1) is 0 Å². The van der Waals surface area contributed by atoms with Crippen molar-refractivity contribution in [2.75, 3.05) is 0 Å². The Morgan fingerprint density at radius 2 is 2.07 bits per heavy atom. The molecule has 0 aliphatic carbocycles. The van der Waals surface area contributed by atoms with E-state index in [0.717, 1.165) is 6.42 Å². The van der Waals surface area contributed by atoms with Crippen molar-refractivity contribution in [1.29, 1.82) is 0 Å². The zero-order valence-corrected chi connectivity index (χ0v) is 9.39. The van der Waals surface area contributed by atoms with E-state index in [1.165, 1.54) is 5.56 Å². The zero-order chi connectivity index (χ0) is 9.97. The summed E-state index contributed by atoms with van der Waals surface area (Å²) < 4.78 is 5.21. The van der Waals surface area contributed by atoms with Gasteiger partial charge in [-0.05, 0) is 0 Å². The summed E-state index contributed by atoms with van der Waals surface area (Å²) in [6, 6.07) is 10.1. The second kappa shape index (κ2) is 4.16. The van der Waals surface area contributed by atoms with Gasteiger partial charge in [-0.2, -0.15) is 0 Å². The van der Waals surface area contributed by atoms with Crippen LogP contribution in [-0.2, 0) is 16.0 Å². The van der Waals surface area contributed by atoms with Crippen molar-refractivity contribution in [2.24, 2.45) is 0 Å². The van der Waals surface area contributed by atoms with E-state index in [1.54, 1.807) is 0 Å². The summed E-state index contributed by atoms with van der Waals surface area (Å²) in [5.74, 6) is -0.0883. The molecule has 0 amide bonds. The molecule has 1 saturated heterocycles. The summed E-state index contributed by atoms with van der Waals surface area (Å²) >= 11 is 2.99. The molecule has 1 fully saturated rings. The number of hydrogen-bond acceptors (Lipinski definition) is 2. The van der Waals surface area contributed by atoms with Crippen molar-refractivity contribution in [2.45, 2.75) is 23.8 Å². The number of cyclic esters (lactones) is 1. The molecule has 1 aromatic carbocycles. The van der Waals surface area contributed by atoms with Crippen LogP contribution in [0.2, 0.25) is 4.82 Å². The number of benzene rings is 1. The number of carbonyl (C=O) groups is 1. The number of ether oxygens (including phenoxy) is 1. The fourth-order valence-corrected chi connectivity index (χ4v) is 2.21. The van der Waals surface area contributed by atoms with Crippen LogP contribution < -0.4 is 0 Å². The van der Waals surface area contributed by atoms with Gasteiger partial charge in [0.1, 0.15) is 0 Å². The van der Waals surface area contributed by atoms with Gasteiger partial charge in [0.2, 0.25) is 0 Å². The SMILES string of the molecule is O=C1CC([Se])C(Cc2ccccc2)O1.